The Labute approximate surface area is 169 Å². The third-order valence-corrected chi connectivity index (χ3v) is 6.01. The lowest BCUT2D eigenvalue weighted by molar-refractivity contribution is 0.223. The Kier molecular flexibility index (Phi) is 5.46. The van der Waals surface area contributed by atoms with E-state index in [0.717, 1.165) is 57.5 Å². The molecular formula is C23H24N2O2S. The van der Waals surface area contributed by atoms with Crippen LogP contribution in [0.4, 0.5) is 0 Å². The minimum Gasteiger partial charge on any atom is -0.507 e. The van der Waals surface area contributed by atoms with Crippen molar-refractivity contribution < 1.29 is 9.84 Å². The van der Waals surface area contributed by atoms with Crippen molar-refractivity contribution in [3.63, 3.8) is 0 Å². The van der Waals surface area contributed by atoms with Crippen LogP contribution in [0.3, 0.4) is 0 Å². The molecule has 28 heavy (non-hydrogen) atoms. The fraction of sp³-hybridized carbons (Fsp3) is 0.261. The second-order valence-corrected chi connectivity index (χ2v) is 7.66. The lowest BCUT2D eigenvalue weighted by atomic mass is 9.97. The standard InChI is InChI=1S/C23H24N2O2S/c1-3-25(4-2)12-13-27-17-7-5-16(6-8-17)22-20(26)10-9-19-23(22)18-11-14-28-21(18)15-24-19/h5-11,14-15,26H,3-4,12-13H2,1-2H3. The zero-order valence-corrected chi connectivity index (χ0v) is 17.0. The molecule has 2 heterocycles. The summed E-state index contributed by atoms with van der Waals surface area (Å²) < 4.78 is 7.01. The van der Waals surface area contributed by atoms with Crippen LogP contribution in [0.15, 0.2) is 54.0 Å². The van der Waals surface area contributed by atoms with Crippen molar-refractivity contribution in [3.8, 4) is 22.6 Å². The van der Waals surface area contributed by atoms with E-state index in [1.54, 1.807) is 17.4 Å². The monoisotopic (exact) mass is 392 g/mol. The zero-order valence-electron chi connectivity index (χ0n) is 16.2. The minimum atomic E-state index is 0.267. The van der Waals surface area contributed by atoms with E-state index in [0.29, 0.717) is 6.61 Å². The molecule has 0 aliphatic carbocycles. The van der Waals surface area contributed by atoms with Gasteiger partial charge >= 0.3 is 0 Å². The summed E-state index contributed by atoms with van der Waals surface area (Å²) in [4.78, 5) is 6.90. The first-order valence-corrected chi connectivity index (χ1v) is 10.5. The number of aromatic hydroxyl groups is 1. The lowest BCUT2D eigenvalue weighted by Gasteiger charge is -2.18. The van der Waals surface area contributed by atoms with Crippen LogP contribution in [0.1, 0.15) is 13.8 Å². The highest BCUT2D eigenvalue weighted by atomic mass is 32.1. The van der Waals surface area contributed by atoms with Gasteiger partial charge in [-0.05, 0) is 54.4 Å². The molecule has 0 saturated carbocycles. The molecule has 144 valence electrons. The third kappa shape index (κ3) is 3.55. The van der Waals surface area contributed by atoms with Crippen LogP contribution in [-0.2, 0) is 0 Å². The normalized spacial score (nSPS) is 11.5. The number of hydrogen-bond acceptors (Lipinski definition) is 5. The number of fused-ring (bicyclic) bond motifs is 3. The van der Waals surface area contributed by atoms with Gasteiger partial charge < -0.3 is 14.7 Å². The van der Waals surface area contributed by atoms with Crippen LogP contribution < -0.4 is 4.74 Å². The fourth-order valence-corrected chi connectivity index (χ4v) is 4.32. The van der Waals surface area contributed by atoms with Crippen LogP contribution >= 0.6 is 11.3 Å². The number of likely N-dealkylation sites (N-methyl/N-ethyl adjacent to an activating group) is 1. The average Bonchev–Trinajstić information content (AvgIpc) is 3.21. The smallest absolute Gasteiger partial charge is 0.124 e. The predicted octanol–water partition coefficient (Wildman–Crippen LogP) is 5.54. The highest BCUT2D eigenvalue weighted by Gasteiger charge is 2.14. The van der Waals surface area contributed by atoms with E-state index in [2.05, 4.69) is 35.2 Å². The summed E-state index contributed by atoms with van der Waals surface area (Å²) in [7, 11) is 0. The van der Waals surface area contributed by atoms with E-state index in [4.69, 9.17) is 4.74 Å². The topological polar surface area (TPSA) is 45.6 Å². The van der Waals surface area contributed by atoms with Gasteiger partial charge in [-0.1, -0.05) is 26.0 Å². The van der Waals surface area contributed by atoms with Gasteiger partial charge in [-0.3, -0.25) is 4.98 Å². The molecule has 0 amide bonds. The van der Waals surface area contributed by atoms with Crippen LogP contribution in [0.25, 0.3) is 32.1 Å². The predicted molar refractivity (Wildman–Crippen MR) is 118 cm³/mol. The minimum absolute atomic E-state index is 0.267. The van der Waals surface area contributed by atoms with Gasteiger partial charge in [0.05, 0.1) is 10.2 Å². The molecule has 2 aromatic carbocycles. The van der Waals surface area contributed by atoms with Crippen molar-refractivity contribution in [2.75, 3.05) is 26.2 Å². The summed E-state index contributed by atoms with van der Waals surface area (Å²) in [5.74, 6) is 1.11. The number of phenolic OH excluding ortho intramolecular Hbond substituents is 1. The quantitative estimate of drug-likeness (QED) is 0.448. The Morgan fingerprint density at radius 3 is 2.57 bits per heavy atom. The van der Waals surface area contributed by atoms with Gasteiger partial charge in [-0.25, -0.2) is 0 Å². The number of rotatable bonds is 7. The van der Waals surface area contributed by atoms with E-state index in [1.165, 1.54) is 0 Å². The first kappa shape index (κ1) is 18.7. The molecule has 0 aliphatic rings. The molecule has 0 saturated heterocycles. The van der Waals surface area contributed by atoms with Crippen molar-refractivity contribution in [2.45, 2.75) is 13.8 Å². The maximum Gasteiger partial charge on any atom is 0.124 e. The van der Waals surface area contributed by atoms with Crippen LogP contribution in [0.2, 0.25) is 0 Å². The largest absolute Gasteiger partial charge is 0.507 e. The van der Waals surface area contributed by atoms with Crippen LogP contribution in [-0.4, -0.2) is 41.2 Å². The van der Waals surface area contributed by atoms with E-state index in [9.17, 15) is 5.11 Å². The summed E-state index contributed by atoms with van der Waals surface area (Å²) in [6.45, 7) is 7.97. The van der Waals surface area contributed by atoms with Gasteiger partial charge in [0.2, 0.25) is 0 Å². The Bertz CT molecular complexity index is 1090. The molecule has 0 fully saturated rings. The molecule has 4 rings (SSSR count). The van der Waals surface area contributed by atoms with Crippen LogP contribution in [0.5, 0.6) is 11.5 Å². The molecule has 0 aliphatic heterocycles. The molecule has 0 atom stereocenters. The van der Waals surface area contributed by atoms with E-state index in [-0.39, 0.29) is 5.75 Å². The Morgan fingerprint density at radius 1 is 1.04 bits per heavy atom. The highest BCUT2D eigenvalue weighted by Crippen LogP contribution is 2.40. The number of benzene rings is 2. The summed E-state index contributed by atoms with van der Waals surface area (Å²) in [6.07, 6.45) is 1.90. The van der Waals surface area contributed by atoms with E-state index < -0.39 is 0 Å². The Hall–Kier alpha value is -2.63. The molecule has 0 spiro atoms. The summed E-state index contributed by atoms with van der Waals surface area (Å²) in [5.41, 5.74) is 2.67. The summed E-state index contributed by atoms with van der Waals surface area (Å²) >= 11 is 1.66. The maximum absolute atomic E-state index is 10.6. The molecule has 4 aromatic rings. The van der Waals surface area contributed by atoms with E-state index in [1.807, 2.05) is 36.5 Å². The number of phenols is 1. The van der Waals surface area contributed by atoms with Crippen molar-refractivity contribution in [1.29, 1.82) is 0 Å². The van der Waals surface area contributed by atoms with Crippen LogP contribution in [0, 0.1) is 0 Å². The summed E-state index contributed by atoms with van der Waals surface area (Å²) in [6, 6.07) is 13.6. The number of aromatic nitrogens is 1. The zero-order chi connectivity index (χ0) is 19.5. The fourth-order valence-electron chi connectivity index (χ4n) is 3.56. The SMILES string of the molecule is CCN(CC)CCOc1ccc(-c2c(O)ccc3ncc4sccc4c23)cc1. The molecule has 4 nitrogen and oxygen atoms in total. The van der Waals surface area contributed by atoms with Gasteiger partial charge in [0.15, 0.2) is 0 Å². The van der Waals surface area contributed by atoms with Gasteiger partial charge in [-0.2, -0.15) is 0 Å². The van der Waals surface area contributed by atoms with E-state index >= 15 is 0 Å². The van der Waals surface area contributed by atoms with Gasteiger partial charge in [0.25, 0.3) is 0 Å². The first-order valence-electron chi connectivity index (χ1n) is 9.64. The molecule has 5 heteroatoms. The first-order chi connectivity index (χ1) is 13.7. The average molecular weight is 393 g/mol. The molecule has 1 N–H and O–H groups in total. The second kappa shape index (κ2) is 8.17. The van der Waals surface area contributed by atoms with Crippen molar-refractivity contribution in [2.24, 2.45) is 0 Å². The number of hydrogen-bond donors (Lipinski definition) is 1. The maximum atomic E-state index is 10.6. The van der Waals surface area contributed by atoms with Gasteiger partial charge in [0, 0.05) is 29.1 Å². The molecule has 0 unspecified atom stereocenters. The van der Waals surface area contributed by atoms with Gasteiger partial charge in [-0.15, -0.1) is 11.3 Å². The Morgan fingerprint density at radius 2 is 1.82 bits per heavy atom. The molecule has 2 aromatic heterocycles. The number of ether oxygens (including phenoxy) is 1. The van der Waals surface area contributed by atoms with Crippen molar-refractivity contribution in [1.82, 2.24) is 9.88 Å². The Balaban J connectivity index is 1.65. The number of nitrogens with zero attached hydrogens (tertiary/aromatic N) is 2. The van der Waals surface area contributed by atoms with Gasteiger partial charge in [0.1, 0.15) is 18.1 Å². The van der Waals surface area contributed by atoms with Crippen molar-refractivity contribution >= 4 is 32.3 Å². The number of thiophene rings is 1. The number of pyridine rings is 1. The second-order valence-electron chi connectivity index (χ2n) is 6.71. The molecular weight excluding hydrogens is 368 g/mol. The van der Waals surface area contributed by atoms with Crippen molar-refractivity contribution in [3.05, 3.63) is 54.0 Å². The summed E-state index contributed by atoms with van der Waals surface area (Å²) in [5, 5.41) is 14.8. The molecule has 0 radical (unpaired) electrons. The highest BCUT2D eigenvalue weighted by molar-refractivity contribution is 7.17. The third-order valence-electron chi connectivity index (χ3n) is 5.16. The lowest BCUT2D eigenvalue weighted by Crippen LogP contribution is -2.27. The molecule has 0 bridgehead atoms.